The SMILES string of the molecule is Cc1ccc(C)c(Oc2ccc(Cl)c(CN)n2)c1C. The van der Waals surface area contributed by atoms with Crippen LogP contribution in [0.25, 0.3) is 0 Å². The van der Waals surface area contributed by atoms with E-state index in [0.29, 0.717) is 23.1 Å². The number of aryl methyl sites for hydroxylation is 2. The van der Waals surface area contributed by atoms with Gasteiger partial charge < -0.3 is 10.5 Å². The summed E-state index contributed by atoms with van der Waals surface area (Å²) in [5.74, 6) is 1.36. The topological polar surface area (TPSA) is 48.1 Å². The highest BCUT2D eigenvalue weighted by Crippen LogP contribution is 2.30. The van der Waals surface area contributed by atoms with Gasteiger partial charge in [-0.05, 0) is 43.5 Å². The van der Waals surface area contributed by atoms with E-state index in [1.807, 2.05) is 19.9 Å². The molecule has 1 aromatic heterocycles. The van der Waals surface area contributed by atoms with Crippen molar-refractivity contribution in [2.75, 3.05) is 0 Å². The van der Waals surface area contributed by atoms with E-state index in [0.717, 1.165) is 16.9 Å². The maximum Gasteiger partial charge on any atom is 0.219 e. The molecule has 1 aromatic carbocycles. The average molecular weight is 277 g/mol. The second kappa shape index (κ2) is 5.59. The van der Waals surface area contributed by atoms with Gasteiger partial charge in [0.25, 0.3) is 0 Å². The zero-order chi connectivity index (χ0) is 14.0. The van der Waals surface area contributed by atoms with Crippen LogP contribution in [0.2, 0.25) is 5.02 Å². The minimum Gasteiger partial charge on any atom is -0.438 e. The Morgan fingerprint density at radius 1 is 1.11 bits per heavy atom. The highest BCUT2D eigenvalue weighted by Gasteiger charge is 2.10. The molecule has 2 rings (SSSR count). The van der Waals surface area contributed by atoms with Crippen LogP contribution in [0.5, 0.6) is 11.6 Å². The highest BCUT2D eigenvalue weighted by molar-refractivity contribution is 6.31. The Morgan fingerprint density at radius 3 is 2.47 bits per heavy atom. The lowest BCUT2D eigenvalue weighted by Gasteiger charge is -2.13. The molecule has 4 heteroatoms. The zero-order valence-electron chi connectivity index (χ0n) is 11.3. The van der Waals surface area contributed by atoms with Gasteiger partial charge in [0.2, 0.25) is 5.88 Å². The lowest BCUT2D eigenvalue weighted by molar-refractivity contribution is 0.453. The number of aromatic nitrogens is 1. The van der Waals surface area contributed by atoms with Crippen LogP contribution in [-0.4, -0.2) is 4.98 Å². The number of nitrogens with zero attached hydrogens (tertiary/aromatic N) is 1. The fourth-order valence-electron chi connectivity index (χ4n) is 1.85. The van der Waals surface area contributed by atoms with Crippen LogP contribution < -0.4 is 10.5 Å². The van der Waals surface area contributed by atoms with E-state index in [1.165, 1.54) is 5.56 Å². The molecule has 0 saturated heterocycles. The third kappa shape index (κ3) is 2.88. The van der Waals surface area contributed by atoms with Crippen LogP contribution in [0.15, 0.2) is 24.3 Å². The van der Waals surface area contributed by atoms with Gasteiger partial charge in [-0.25, -0.2) is 4.98 Å². The number of halogens is 1. The molecule has 2 aromatic rings. The molecule has 0 aliphatic carbocycles. The minimum absolute atomic E-state index is 0.293. The van der Waals surface area contributed by atoms with Gasteiger partial charge in [-0.1, -0.05) is 23.7 Å². The number of nitrogens with two attached hydrogens (primary N) is 1. The van der Waals surface area contributed by atoms with Crippen LogP contribution >= 0.6 is 11.6 Å². The third-order valence-electron chi connectivity index (χ3n) is 3.17. The van der Waals surface area contributed by atoms with Crippen LogP contribution in [0.3, 0.4) is 0 Å². The van der Waals surface area contributed by atoms with Gasteiger partial charge >= 0.3 is 0 Å². The van der Waals surface area contributed by atoms with E-state index in [2.05, 4.69) is 18.0 Å². The standard InChI is InChI=1S/C15H17ClN2O/c1-9-4-5-10(2)15(11(9)3)19-14-7-6-12(16)13(8-17)18-14/h4-7H,8,17H2,1-3H3. The molecule has 2 N–H and O–H groups in total. The molecular formula is C15H17ClN2O. The van der Waals surface area contributed by atoms with Crippen molar-refractivity contribution in [1.82, 2.24) is 4.98 Å². The van der Waals surface area contributed by atoms with Crippen molar-refractivity contribution in [3.8, 4) is 11.6 Å². The Bertz CT molecular complexity index is 611. The Kier molecular flexibility index (Phi) is 4.08. The van der Waals surface area contributed by atoms with Crippen molar-refractivity contribution >= 4 is 11.6 Å². The average Bonchev–Trinajstić information content (AvgIpc) is 2.41. The fraction of sp³-hybridized carbons (Fsp3) is 0.267. The number of hydrogen-bond donors (Lipinski definition) is 1. The van der Waals surface area contributed by atoms with Gasteiger partial charge in [-0.2, -0.15) is 0 Å². The van der Waals surface area contributed by atoms with Crippen LogP contribution in [0.4, 0.5) is 0 Å². The molecule has 0 aliphatic rings. The molecule has 0 aliphatic heterocycles. The number of hydrogen-bond acceptors (Lipinski definition) is 3. The fourth-order valence-corrected chi connectivity index (χ4v) is 2.03. The van der Waals surface area contributed by atoms with Gasteiger partial charge in [-0.15, -0.1) is 0 Å². The monoisotopic (exact) mass is 276 g/mol. The van der Waals surface area contributed by atoms with Crippen molar-refractivity contribution in [2.45, 2.75) is 27.3 Å². The van der Waals surface area contributed by atoms with E-state index in [4.69, 9.17) is 22.1 Å². The summed E-state index contributed by atoms with van der Waals surface area (Å²) < 4.78 is 5.89. The summed E-state index contributed by atoms with van der Waals surface area (Å²) in [6.07, 6.45) is 0. The first-order valence-corrected chi connectivity index (χ1v) is 6.51. The maximum atomic E-state index is 5.99. The third-order valence-corrected chi connectivity index (χ3v) is 3.51. The minimum atomic E-state index is 0.293. The number of pyridine rings is 1. The molecule has 19 heavy (non-hydrogen) atoms. The van der Waals surface area contributed by atoms with Gasteiger partial charge in [0.15, 0.2) is 0 Å². The van der Waals surface area contributed by atoms with Crippen molar-refractivity contribution in [3.05, 3.63) is 51.7 Å². The summed E-state index contributed by atoms with van der Waals surface area (Å²) in [6, 6.07) is 7.63. The first-order chi connectivity index (χ1) is 9.02. The molecule has 0 saturated carbocycles. The molecule has 0 spiro atoms. The molecular weight excluding hydrogens is 260 g/mol. The molecule has 0 fully saturated rings. The first-order valence-electron chi connectivity index (χ1n) is 6.13. The Hall–Kier alpha value is -1.58. The molecule has 0 bridgehead atoms. The number of rotatable bonds is 3. The summed E-state index contributed by atoms with van der Waals surface area (Å²) >= 11 is 5.99. The van der Waals surface area contributed by atoms with E-state index in [1.54, 1.807) is 12.1 Å². The summed E-state index contributed by atoms with van der Waals surface area (Å²) in [6.45, 7) is 6.41. The largest absolute Gasteiger partial charge is 0.438 e. The van der Waals surface area contributed by atoms with Gasteiger partial charge in [0.05, 0.1) is 10.7 Å². The molecule has 0 radical (unpaired) electrons. The highest BCUT2D eigenvalue weighted by atomic mass is 35.5. The zero-order valence-corrected chi connectivity index (χ0v) is 12.1. The van der Waals surface area contributed by atoms with Crippen LogP contribution in [0, 0.1) is 20.8 Å². The van der Waals surface area contributed by atoms with Crippen molar-refractivity contribution in [1.29, 1.82) is 0 Å². The summed E-state index contributed by atoms with van der Waals surface area (Å²) in [7, 11) is 0. The van der Waals surface area contributed by atoms with E-state index in [9.17, 15) is 0 Å². The van der Waals surface area contributed by atoms with E-state index in [-0.39, 0.29) is 0 Å². The van der Waals surface area contributed by atoms with Crippen molar-refractivity contribution in [2.24, 2.45) is 5.73 Å². The van der Waals surface area contributed by atoms with Crippen LogP contribution in [0.1, 0.15) is 22.4 Å². The molecule has 1 heterocycles. The second-order valence-electron chi connectivity index (χ2n) is 4.54. The van der Waals surface area contributed by atoms with Gasteiger partial charge in [-0.3, -0.25) is 0 Å². The second-order valence-corrected chi connectivity index (χ2v) is 4.94. The predicted octanol–water partition coefficient (Wildman–Crippen LogP) is 3.91. The summed E-state index contributed by atoms with van der Waals surface area (Å²) in [5, 5.41) is 0.563. The molecule has 0 unspecified atom stereocenters. The normalized spacial score (nSPS) is 10.6. The maximum absolute atomic E-state index is 5.99. The Balaban J connectivity index is 2.39. The van der Waals surface area contributed by atoms with Crippen molar-refractivity contribution in [3.63, 3.8) is 0 Å². The predicted molar refractivity (Wildman–Crippen MR) is 77.9 cm³/mol. The molecule has 3 nitrogen and oxygen atoms in total. The van der Waals surface area contributed by atoms with Crippen molar-refractivity contribution < 1.29 is 4.74 Å². The number of benzene rings is 1. The smallest absolute Gasteiger partial charge is 0.219 e. The lowest BCUT2D eigenvalue weighted by Crippen LogP contribution is -2.02. The summed E-state index contributed by atoms with van der Waals surface area (Å²) in [5.41, 5.74) is 9.62. The van der Waals surface area contributed by atoms with Gasteiger partial charge in [0.1, 0.15) is 5.75 Å². The molecule has 100 valence electrons. The van der Waals surface area contributed by atoms with Gasteiger partial charge in [0, 0.05) is 12.6 Å². The lowest BCUT2D eigenvalue weighted by atomic mass is 10.1. The Morgan fingerprint density at radius 2 is 1.79 bits per heavy atom. The summed E-state index contributed by atoms with van der Waals surface area (Å²) in [4.78, 5) is 4.32. The molecule has 0 atom stereocenters. The first kappa shape index (κ1) is 13.8. The Labute approximate surface area is 118 Å². The van der Waals surface area contributed by atoms with E-state index < -0.39 is 0 Å². The molecule has 0 amide bonds. The van der Waals surface area contributed by atoms with Crippen LogP contribution in [-0.2, 0) is 6.54 Å². The quantitative estimate of drug-likeness (QED) is 0.924. The van der Waals surface area contributed by atoms with E-state index >= 15 is 0 Å². The number of ether oxygens (including phenoxy) is 1.